The van der Waals surface area contributed by atoms with Gasteiger partial charge in [0.15, 0.2) is 0 Å². The largest absolute Gasteiger partial charge is 0.342 e. The number of hydrogen-bond donors (Lipinski definition) is 1. The average molecular weight is 253 g/mol. The molecule has 2 unspecified atom stereocenters. The van der Waals surface area contributed by atoms with Gasteiger partial charge < -0.3 is 10.6 Å². The van der Waals surface area contributed by atoms with Gasteiger partial charge in [0.05, 0.1) is 6.54 Å². The number of likely N-dealkylation sites (tertiary alicyclic amines) is 2. The first-order valence-corrected chi connectivity index (χ1v) is 7.41. The second-order valence-corrected chi connectivity index (χ2v) is 5.94. The maximum atomic E-state index is 12.2. The third-order valence-electron chi connectivity index (χ3n) is 4.54. The minimum Gasteiger partial charge on any atom is -0.342 e. The maximum Gasteiger partial charge on any atom is 0.236 e. The van der Waals surface area contributed by atoms with Crippen molar-refractivity contribution in [1.29, 1.82) is 0 Å². The lowest BCUT2D eigenvalue weighted by molar-refractivity contribution is -0.133. The van der Waals surface area contributed by atoms with Crippen molar-refractivity contribution in [3.05, 3.63) is 0 Å². The zero-order chi connectivity index (χ0) is 13.0. The van der Waals surface area contributed by atoms with Crippen LogP contribution in [0.2, 0.25) is 0 Å². The zero-order valence-corrected chi connectivity index (χ0v) is 11.6. The van der Waals surface area contributed by atoms with E-state index in [1.807, 2.05) is 4.90 Å². The lowest BCUT2D eigenvalue weighted by atomic mass is 9.87. The van der Waals surface area contributed by atoms with E-state index in [-0.39, 0.29) is 0 Å². The van der Waals surface area contributed by atoms with Crippen molar-refractivity contribution < 1.29 is 4.79 Å². The SMILES string of the molecule is CC1CN(CC(=O)N2CCCCC2)CCC1CN. The number of rotatable bonds is 3. The van der Waals surface area contributed by atoms with Crippen molar-refractivity contribution >= 4 is 5.91 Å². The van der Waals surface area contributed by atoms with Crippen LogP contribution in [0.3, 0.4) is 0 Å². The minimum atomic E-state index is 0.327. The Balaban J connectivity index is 1.77. The number of nitrogens with two attached hydrogens (primary N) is 1. The van der Waals surface area contributed by atoms with E-state index in [9.17, 15) is 4.79 Å². The Morgan fingerprint density at radius 3 is 2.56 bits per heavy atom. The maximum absolute atomic E-state index is 12.2. The number of piperidine rings is 2. The van der Waals surface area contributed by atoms with Gasteiger partial charge in [-0.25, -0.2) is 0 Å². The van der Waals surface area contributed by atoms with Gasteiger partial charge in [0, 0.05) is 19.6 Å². The molecule has 2 fully saturated rings. The average Bonchev–Trinajstić information content (AvgIpc) is 2.40. The first kappa shape index (κ1) is 13.8. The van der Waals surface area contributed by atoms with E-state index in [2.05, 4.69) is 11.8 Å². The van der Waals surface area contributed by atoms with Gasteiger partial charge in [-0.2, -0.15) is 0 Å². The molecule has 0 aromatic rings. The quantitative estimate of drug-likeness (QED) is 0.813. The Hall–Kier alpha value is -0.610. The fourth-order valence-corrected chi connectivity index (χ4v) is 3.21. The van der Waals surface area contributed by atoms with Crippen LogP contribution in [0.1, 0.15) is 32.6 Å². The fourth-order valence-electron chi connectivity index (χ4n) is 3.21. The summed E-state index contributed by atoms with van der Waals surface area (Å²) < 4.78 is 0. The third-order valence-corrected chi connectivity index (χ3v) is 4.54. The van der Waals surface area contributed by atoms with E-state index in [4.69, 9.17) is 5.73 Å². The van der Waals surface area contributed by atoms with Crippen molar-refractivity contribution in [3.63, 3.8) is 0 Å². The molecule has 104 valence electrons. The molecule has 2 rings (SSSR count). The van der Waals surface area contributed by atoms with Crippen LogP contribution >= 0.6 is 0 Å². The molecule has 2 aliphatic rings. The standard InChI is InChI=1S/C14H27N3O/c1-12-10-16(8-5-13(12)9-15)11-14(18)17-6-3-2-4-7-17/h12-13H,2-11,15H2,1H3. The molecule has 2 aliphatic heterocycles. The normalized spacial score (nSPS) is 30.4. The van der Waals surface area contributed by atoms with Gasteiger partial charge >= 0.3 is 0 Å². The van der Waals surface area contributed by atoms with Crippen LogP contribution < -0.4 is 5.73 Å². The van der Waals surface area contributed by atoms with Gasteiger partial charge in [-0.15, -0.1) is 0 Å². The first-order chi connectivity index (χ1) is 8.70. The Labute approximate surface area is 110 Å². The third kappa shape index (κ3) is 3.45. The number of amides is 1. The number of nitrogens with zero attached hydrogens (tertiary/aromatic N) is 2. The predicted octanol–water partition coefficient (Wildman–Crippen LogP) is 0.916. The lowest BCUT2D eigenvalue weighted by Crippen LogP contribution is -2.48. The van der Waals surface area contributed by atoms with Gasteiger partial charge in [0.1, 0.15) is 0 Å². The molecule has 4 nitrogen and oxygen atoms in total. The molecule has 0 spiro atoms. The zero-order valence-electron chi connectivity index (χ0n) is 11.6. The predicted molar refractivity (Wildman–Crippen MR) is 73.2 cm³/mol. The molecule has 4 heteroatoms. The van der Waals surface area contributed by atoms with E-state index in [1.54, 1.807) is 0 Å². The molecule has 0 saturated carbocycles. The molecular weight excluding hydrogens is 226 g/mol. The van der Waals surface area contributed by atoms with Gasteiger partial charge in [0.2, 0.25) is 5.91 Å². The molecule has 1 amide bonds. The van der Waals surface area contributed by atoms with Gasteiger partial charge in [-0.1, -0.05) is 6.92 Å². The van der Waals surface area contributed by atoms with Crippen LogP contribution in [0.15, 0.2) is 0 Å². The minimum absolute atomic E-state index is 0.327. The molecule has 0 aliphatic carbocycles. The van der Waals surface area contributed by atoms with Crippen molar-refractivity contribution in [3.8, 4) is 0 Å². The molecule has 0 aromatic carbocycles. The van der Waals surface area contributed by atoms with Gasteiger partial charge in [-0.05, 0) is 50.6 Å². The summed E-state index contributed by atoms with van der Waals surface area (Å²) in [6, 6.07) is 0. The van der Waals surface area contributed by atoms with E-state index < -0.39 is 0 Å². The van der Waals surface area contributed by atoms with Crippen molar-refractivity contribution in [2.24, 2.45) is 17.6 Å². The monoisotopic (exact) mass is 253 g/mol. The highest BCUT2D eigenvalue weighted by atomic mass is 16.2. The first-order valence-electron chi connectivity index (χ1n) is 7.41. The highest BCUT2D eigenvalue weighted by Gasteiger charge is 2.27. The number of hydrogen-bond acceptors (Lipinski definition) is 3. The molecule has 0 aromatic heterocycles. The molecule has 2 N–H and O–H groups in total. The molecule has 2 saturated heterocycles. The Morgan fingerprint density at radius 1 is 1.22 bits per heavy atom. The second-order valence-electron chi connectivity index (χ2n) is 5.94. The molecule has 2 heterocycles. The second kappa shape index (κ2) is 6.53. The molecule has 2 atom stereocenters. The van der Waals surface area contributed by atoms with Crippen LogP contribution in [-0.4, -0.2) is 55.0 Å². The molecular formula is C14H27N3O. The Morgan fingerprint density at radius 2 is 1.94 bits per heavy atom. The molecule has 0 bridgehead atoms. The van der Waals surface area contributed by atoms with Crippen molar-refractivity contribution in [2.75, 3.05) is 39.3 Å². The molecule has 0 radical (unpaired) electrons. The summed E-state index contributed by atoms with van der Waals surface area (Å²) in [5.41, 5.74) is 5.76. The summed E-state index contributed by atoms with van der Waals surface area (Å²) >= 11 is 0. The topological polar surface area (TPSA) is 49.6 Å². The lowest BCUT2D eigenvalue weighted by Gasteiger charge is -2.37. The Bertz CT molecular complexity index is 276. The van der Waals surface area contributed by atoms with E-state index in [0.29, 0.717) is 24.3 Å². The van der Waals surface area contributed by atoms with Crippen LogP contribution in [0.5, 0.6) is 0 Å². The van der Waals surface area contributed by atoms with E-state index in [1.165, 1.54) is 19.3 Å². The summed E-state index contributed by atoms with van der Waals surface area (Å²) in [5, 5.41) is 0. The fraction of sp³-hybridized carbons (Fsp3) is 0.929. The smallest absolute Gasteiger partial charge is 0.236 e. The van der Waals surface area contributed by atoms with Crippen LogP contribution in [0.25, 0.3) is 0 Å². The summed E-state index contributed by atoms with van der Waals surface area (Å²) in [5.74, 6) is 1.59. The molecule has 18 heavy (non-hydrogen) atoms. The Kier molecular flexibility index (Phi) is 5.01. The summed E-state index contributed by atoms with van der Waals surface area (Å²) in [6.07, 6.45) is 4.78. The van der Waals surface area contributed by atoms with E-state index in [0.717, 1.165) is 39.1 Å². The van der Waals surface area contributed by atoms with E-state index >= 15 is 0 Å². The van der Waals surface area contributed by atoms with Crippen LogP contribution in [0.4, 0.5) is 0 Å². The highest BCUT2D eigenvalue weighted by Crippen LogP contribution is 2.22. The summed E-state index contributed by atoms with van der Waals surface area (Å²) in [6.45, 7) is 7.65. The number of carbonyl (C=O) groups is 1. The summed E-state index contributed by atoms with van der Waals surface area (Å²) in [7, 11) is 0. The highest BCUT2D eigenvalue weighted by molar-refractivity contribution is 5.78. The number of carbonyl (C=O) groups excluding carboxylic acids is 1. The van der Waals surface area contributed by atoms with Crippen LogP contribution in [-0.2, 0) is 4.79 Å². The van der Waals surface area contributed by atoms with Gasteiger partial charge in [-0.3, -0.25) is 9.69 Å². The van der Waals surface area contributed by atoms with Crippen LogP contribution in [0, 0.1) is 11.8 Å². The van der Waals surface area contributed by atoms with Gasteiger partial charge in [0.25, 0.3) is 0 Å². The van der Waals surface area contributed by atoms with Crippen molar-refractivity contribution in [2.45, 2.75) is 32.6 Å². The summed E-state index contributed by atoms with van der Waals surface area (Å²) in [4.78, 5) is 16.5. The van der Waals surface area contributed by atoms with Crippen molar-refractivity contribution in [1.82, 2.24) is 9.80 Å².